The molecule has 1 spiro atoms. The molecular formula is C25H36N4O4. The van der Waals surface area contributed by atoms with Gasteiger partial charge in [0.05, 0.1) is 0 Å². The van der Waals surface area contributed by atoms with Gasteiger partial charge in [0.15, 0.2) is 0 Å². The van der Waals surface area contributed by atoms with Crippen molar-refractivity contribution in [3.63, 3.8) is 0 Å². The average Bonchev–Trinajstić information content (AvgIpc) is 2.92. The number of hydrogen-bond donors (Lipinski definition) is 3. The summed E-state index contributed by atoms with van der Waals surface area (Å²) < 4.78 is 0. The van der Waals surface area contributed by atoms with Crippen molar-refractivity contribution in [1.82, 2.24) is 10.2 Å². The lowest BCUT2D eigenvalue weighted by molar-refractivity contribution is -0.135. The van der Waals surface area contributed by atoms with Crippen molar-refractivity contribution in [2.24, 2.45) is 17.3 Å². The lowest BCUT2D eigenvalue weighted by Gasteiger charge is -2.40. The first-order valence-electron chi connectivity index (χ1n) is 11.7. The second-order valence-corrected chi connectivity index (χ2v) is 10.8. The van der Waals surface area contributed by atoms with Gasteiger partial charge in [-0.05, 0) is 67.2 Å². The van der Waals surface area contributed by atoms with Crippen molar-refractivity contribution in [2.45, 2.75) is 72.3 Å². The van der Waals surface area contributed by atoms with E-state index in [2.05, 4.69) is 36.7 Å². The van der Waals surface area contributed by atoms with Gasteiger partial charge in [0.1, 0.15) is 12.1 Å². The minimum Gasteiger partial charge on any atom is -0.326 e. The molecule has 0 atom stereocenters. The van der Waals surface area contributed by atoms with E-state index in [1.165, 1.54) is 0 Å². The van der Waals surface area contributed by atoms with E-state index in [9.17, 15) is 19.2 Å². The van der Waals surface area contributed by atoms with Gasteiger partial charge in [0.25, 0.3) is 5.91 Å². The molecule has 0 bridgehead atoms. The third-order valence-corrected chi connectivity index (χ3v) is 6.66. The van der Waals surface area contributed by atoms with Crippen LogP contribution < -0.4 is 16.0 Å². The Morgan fingerprint density at radius 2 is 1.55 bits per heavy atom. The summed E-state index contributed by atoms with van der Waals surface area (Å²) in [6.45, 7) is 10.2. The third-order valence-electron chi connectivity index (χ3n) is 6.66. The number of nitrogens with zero attached hydrogens (tertiary/aromatic N) is 1. The SMILES string of the molecule is CC(C)CC(=O)Nc1ccc(NC(=O)CN2C(=O)NC3(CCC(C(C)(C)C)CC3)C2=O)cc1. The van der Waals surface area contributed by atoms with E-state index in [0.717, 1.165) is 17.7 Å². The standard InChI is InChI=1S/C25H36N4O4/c1-16(2)14-20(30)26-18-6-8-19(9-7-18)27-21(31)15-29-22(32)25(28-23(29)33)12-10-17(11-13-25)24(3,4)5/h6-9,16-17H,10-15H2,1-5H3,(H,26,30)(H,27,31)(H,28,33). The number of hydrogen-bond acceptors (Lipinski definition) is 4. The Hall–Kier alpha value is -2.90. The van der Waals surface area contributed by atoms with Crippen molar-refractivity contribution < 1.29 is 19.2 Å². The quantitative estimate of drug-likeness (QED) is 0.559. The molecule has 2 fully saturated rings. The maximum absolute atomic E-state index is 13.1. The molecule has 1 aromatic carbocycles. The lowest BCUT2D eigenvalue weighted by Crippen LogP contribution is -2.50. The topological polar surface area (TPSA) is 108 Å². The zero-order valence-corrected chi connectivity index (χ0v) is 20.3. The second-order valence-electron chi connectivity index (χ2n) is 10.8. The van der Waals surface area contributed by atoms with Crippen LogP contribution in [0.15, 0.2) is 24.3 Å². The summed E-state index contributed by atoms with van der Waals surface area (Å²) in [6, 6.07) is 6.23. The summed E-state index contributed by atoms with van der Waals surface area (Å²) in [7, 11) is 0. The highest BCUT2D eigenvalue weighted by atomic mass is 16.2. The van der Waals surface area contributed by atoms with E-state index in [1.54, 1.807) is 24.3 Å². The summed E-state index contributed by atoms with van der Waals surface area (Å²) in [5, 5.41) is 8.39. The number of anilines is 2. The van der Waals surface area contributed by atoms with Gasteiger partial charge in [-0.2, -0.15) is 0 Å². The van der Waals surface area contributed by atoms with Crippen LogP contribution >= 0.6 is 0 Å². The van der Waals surface area contributed by atoms with E-state index in [0.29, 0.717) is 36.6 Å². The number of rotatable bonds is 6. The molecule has 0 unspecified atom stereocenters. The fourth-order valence-electron chi connectivity index (χ4n) is 4.70. The Bertz CT molecular complexity index is 909. The first-order chi connectivity index (χ1) is 15.4. The monoisotopic (exact) mass is 456 g/mol. The number of urea groups is 1. The van der Waals surface area contributed by atoms with E-state index < -0.39 is 17.5 Å². The largest absolute Gasteiger partial charge is 0.326 e. The van der Waals surface area contributed by atoms with Crippen LogP contribution in [0.2, 0.25) is 0 Å². The van der Waals surface area contributed by atoms with E-state index in [-0.39, 0.29) is 29.7 Å². The summed E-state index contributed by atoms with van der Waals surface area (Å²) in [5.41, 5.74) is 0.448. The molecule has 2 aliphatic rings. The summed E-state index contributed by atoms with van der Waals surface area (Å²) >= 11 is 0. The van der Waals surface area contributed by atoms with Gasteiger partial charge in [-0.3, -0.25) is 19.3 Å². The van der Waals surface area contributed by atoms with Gasteiger partial charge in [-0.15, -0.1) is 0 Å². The molecule has 3 rings (SSSR count). The number of imide groups is 1. The normalized spacial score (nSPS) is 23.1. The van der Waals surface area contributed by atoms with Crippen molar-refractivity contribution in [2.75, 3.05) is 17.2 Å². The molecule has 8 nitrogen and oxygen atoms in total. The van der Waals surface area contributed by atoms with E-state index in [1.807, 2.05) is 13.8 Å². The van der Waals surface area contributed by atoms with E-state index >= 15 is 0 Å². The lowest BCUT2D eigenvalue weighted by atomic mass is 9.67. The minimum atomic E-state index is -0.880. The maximum atomic E-state index is 13.1. The first-order valence-corrected chi connectivity index (χ1v) is 11.7. The first kappa shape index (κ1) is 24.7. The van der Waals surface area contributed by atoms with Gasteiger partial charge in [-0.1, -0.05) is 34.6 Å². The average molecular weight is 457 g/mol. The molecule has 1 saturated carbocycles. The Morgan fingerprint density at radius 3 is 2.03 bits per heavy atom. The zero-order valence-electron chi connectivity index (χ0n) is 20.3. The fourth-order valence-corrected chi connectivity index (χ4v) is 4.70. The molecule has 1 heterocycles. The Kier molecular flexibility index (Phi) is 7.14. The molecule has 3 N–H and O–H groups in total. The van der Waals surface area contributed by atoms with Gasteiger partial charge >= 0.3 is 6.03 Å². The van der Waals surface area contributed by atoms with Gasteiger partial charge < -0.3 is 16.0 Å². The molecule has 5 amide bonds. The maximum Gasteiger partial charge on any atom is 0.325 e. The zero-order chi connectivity index (χ0) is 24.4. The smallest absolute Gasteiger partial charge is 0.325 e. The number of carbonyl (C=O) groups excluding carboxylic acids is 4. The van der Waals surface area contributed by atoms with Crippen LogP contribution in [0, 0.1) is 17.3 Å². The van der Waals surface area contributed by atoms with Crippen LogP contribution in [0.4, 0.5) is 16.2 Å². The molecule has 180 valence electrons. The number of benzene rings is 1. The molecule has 1 saturated heterocycles. The van der Waals surface area contributed by atoms with Crippen LogP contribution in [-0.2, 0) is 14.4 Å². The van der Waals surface area contributed by atoms with Crippen molar-refractivity contribution >= 4 is 35.1 Å². The fraction of sp³-hybridized carbons (Fsp3) is 0.600. The Balaban J connectivity index is 1.55. The highest BCUT2D eigenvalue weighted by molar-refractivity contribution is 6.10. The summed E-state index contributed by atoms with van der Waals surface area (Å²) in [4.78, 5) is 51.0. The molecule has 0 radical (unpaired) electrons. The van der Waals surface area contributed by atoms with Crippen molar-refractivity contribution in [1.29, 1.82) is 0 Å². The molecule has 1 aromatic rings. The van der Waals surface area contributed by atoms with Crippen LogP contribution in [0.25, 0.3) is 0 Å². The molecular weight excluding hydrogens is 420 g/mol. The van der Waals surface area contributed by atoms with Crippen LogP contribution in [0.3, 0.4) is 0 Å². The van der Waals surface area contributed by atoms with Crippen molar-refractivity contribution in [3.05, 3.63) is 24.3 Å². The van der Waals surface area contributed by atoms with E-state index in [4.69, 9.17) is 0 Å². The van der Waals surface area contributed by atoms with Gasteiger partial charge in [-0.25, -0.2) is 4.79 Å². The number of amides is 5. The highest BCUT2D eigenvalue weighted by Gasteiger charge is 2.53. The van der Waals surface area contributed by atoms with Gasteiger partial charge in [0, 0.05) is 17.8 Å². The predicted octanol–water partition coefficient (Wildman–Crippen LogP) is 4.14. The van der Waals surface area contributed by atoms with Gasteiger partial charge in [0.2, 0.25) is 11.8 Å². The van der Waals surface area contributed by atoms with Crippen LogP contribution in [0.5, 0.6) is 0 Å². The van der Waals surface area contributed by atoms with Crippen LogP contribution in [0.1, 0.15) is 66.7 Å². The summed E-state index contributed by atoms with van der Waals surface area (Å²) in [5.74, 6) is -0.0513. The molecule has 1 aliphatic heterocycles. The second kappa shape index (κ2) is 9.53. The Labute approximate surface area is 195 Å². The Morgan fingerprint density at radius 1 is 1.03 bits per heavy atom. The highest BCUT2D eigenvalue weighted by Crippen LogP contribution is 2.43. The summed E-state index contributed by atoms with van der Waals surface area (Å²) in [6.07, 6.45) is 3.37. The minimum absolute atomic E-state index is 0.0641. The number of nitrogens with one attached hydrogen (secondary N) is 3. The molecule has 1 aliphatic carbocycles. The van der Waals surface area contributed by atoms with Crippen LogP contribution in [-0.4, -0.2) is 40.7 Å². The third kappa shape index (κ3) is 5.92. The molecule has 0 aromatic heterocycles. The van der Waals surface area contributed by atoms with Crippen molar-refractivity contribution in [3.8, 4) is 0 Å². The molecule has 8 heteroatoms. The molecule has 33 heavy (non-hydrogen) atoms. The predicted molar refractivity (Wildman–Crippen MR) is 128 cm³/mol. The number of carbonyl (C=O) groups is 4.